The van der Waals surface area contributed by atoms with E-state index in [-0.39, 0.29) is 6.04 Å². The molecule has 0 saturated heterocycles. The number of hydrogen-bond acceptors (Lipinski definition) is 5. The van der Waals surface area contributed by atoms with Gasteiger partial charge in [-0.3, -0.25) is 5.32 Å². The largest absolute Gasteiger partial charge is 0.465 e. The van der Waals surface area contributed by atoms with Crippen LogP contribution in [0.2, 0.25) is 0 Å². The van der Waals surface area contributed by atoms with Crippen LogP contribution in [0, 0.1) is 6.92 Å². The van der Waals surface area contributed by atoms with Crippen LogP contribution in [-0.2, 0) is 6.54 Å². The summed E-state index contributed by atoms with van der Waals surface area (Å²) in [6.07, 6.45) is 0. The molecule has 1 aromatic carbocycles. The zero-order chi connectivity index (χ0) is 14.7. The summed E-state index contributed by atoms with van der Waals surface area (Å²) < 4.78 is 11.2. The first-order valence-electron chi connectivity index (χ1n) is 6.90. The molecule has 0 aliphatic carbocycles. The van der Waals surface area contributed by atoms with Gasteiger partial charge in [0.2, 0.25) is 11.8 Å². The first-order chi connectivity index (χ1) is 10.2. The van der Waals surface area contributed by atoms with Gasteiger partial charge in [-0.15, -0.1) is 10.2 Å². The van der Waals surface area contributed by atoms with Gasteiger partial charge in [-0.25, -0.2) is 0 Å². The fraction of sp³-hybridized carbons (Fsp3) is 0.250. The van der Waals surface area contributed by atoms with E-state index in [1.165, 1.54) is 0 Å². The smallest absolute Gasteiger partial charge is 0.247 e. The second-order valence-electron chi connectivity index (χ2n) is 4.92. The summed E-state index contributed by atoms with van der Waals surface area (Å²) in [4.78, 5) is 0. The Hall–Kier alpha value is -2.40. The van der Waals surface area contributed by atoms with Crippen LogP contribution in [0.1, 0.15) is 30.4 Å². The van der Waals surface area contributed by atoms with Gasteiger partial charge in [0.25, 0.3) is 0 Å². The van der Waals surface area contributed by atoms with Gasteiger partial charge in [0.05, 0.1) is 12.6 Å². The molecule has 0 fully saturated rings. The third-order valence-corrected chi connectivity index (χ3v) is 3.23. The Kier molecular flexibility index (Phi) is 3.83. The highest BCUT2D eigenvalue weighted by molar-refractivity contribution is 5.51. The van der Waals surface area contributed by atoms with Crippen molar-refractivity contribution in [3.63, 3.8) is 0 Å². The number of aromatic nitrogens is 2. The minimum Gasteiger partial charge on any atom is -0.465 e. The van der Waals surface area contributed by atoms with Gasteiger partial charge in [0.15, 0.2) is 0 Å². The lowest BCUT2D eigenvalue weighted by atomic mass is 10.2. The molecule has 0 bridgehead atoms. The number of rotatable bonds is 5. The molecule has 2 aromatic heterocycles. The third kappa shape index (κ3) is 3.20. The van der Waals surface area contributed by atoms with Gasteiger partial charge in [-0.05, 0) is 38.1 Å². The molecular weight excluding hydrogens is 266 g/mol. The fourth-order valence-electron chi connectivity index (χ4n) is 2.05. The summed E-state index contributed by atoms with van der Waals surface area (Å²) >= 11 is 0. The maximum Gasteiger partial charge on any atom is 0.247 e. The summed E-state index contributed by atoms with van der Waals surface area (Å²) in [5.74, 6) is 2.90. The number of nitrogens with zero attached hydrogens (tertiary/aromatic N) is 2. The van der Waals surface area contributed by atoms with E-state index in [9.17, 15) is 0 Å². The normalized spacial score (nSPS) is 12.5. The highest BCUT2D eigenvalue weighted by Crippen LogP contribution is 2.18. The Bertz CT molecular complexity index is 703. The van der Waals surface area contributed by atoms with Crippen LogP contribution in [0.5, 0.6) is 0 Å². The predicted molar refractivity (Wildman–Crippen MR) is 78.4 cm³/mol. The van der Waals surface area contributed by atoms with Crippen molar-refractivity contribution < 1.29 is 8.83 Å². The maximum absolute atomic E-state index is 5.65. The van der Waals surface area contributed by atoms with Gasteiger partial charge >= 0.3 is 0 Å². The van der Waals surface area contributed by atoms with Crippen molar-refractivity contribution in [1.82, 2.24) is 15.5 Å². The Morgan fingerprint density at radius 1 is 1.05 bits per heavy atom. The van der Waals surface area contributed by atoms with Crippen molar-refractivity contribution in [2.45, 2.75) is 26.4 Å². The lowest BCUT2D eigenvalue weighted by Crippen LogP contribution is -2.17. The highest BCUT2D eigenvalue weighted by Gasteiger charge is 2.12. The molecule has 0 saturated carbocycles. The van der Waals surface area contributed by atoms with Crippen LogP contribution in [-0.4, -0.2) is 10.2 Å². The number of nitrogens with one attached hydrogen (secondary N) is 1. The zero-order valence-corrected chi connectivity index (χ0v) is 12.0. The van der Waals surface area contributed by atoms with Crippen LogP contribution < -0.4 is 5.32 Å². The lowest BCUT2D eigenvalue weighted by molar-refractivity contribution is 0.394. The van der Waals surface area contributed by atoms with Crippen LogP contribution >= 0.6 is 0 Å². The van der Waals surface area contributed by atoms with Gasteiger partial charge < -0.3 is 8.83 Å². The first-order valence-corrected chi connectivity index (χ1v) is 6.90. The van der Waals surface area contributed by atoms with Crippen LogP contribution in [0.15, 0.2) is 51.3 Å². The first kappa shape index (κ1) is 13.6. The minimum absolute atomic E-state index is 0.0887. The average molecular weight is 283 g/mol. The average Bonchev–Trinajstić information content (AvgIpc) is 3.15. The number of furan rings is 1. The van der Waals surface area contributed by atoms with E-state index in [1.54, 1.807) is 0 Å². The Morgan fingerprint density at radius 2 is 1.86 bits per heavy atom. The standard InChI is InChI=1S/C16H17N3O2/c1-11-8-9-14(20-11)12(2)17-10-15-18-19-16(21-15)13-6-4-3-5-7-13/h3-9,12,17H,10H2,1-2H3. The summed E-state index contributed by atoms with van der Waals surface area (Å²) in [7, 11) is 0. The summed E-state index contributed by atoms with van der Waals surface area (Å²) in [6.45, 7) is 4.47. The van der Waals surface area contributed by atoms with Crippen molar-refractivity contribution in [2.75, 3.05) is 0 Å². The van der Waals surface area contributed by atoms with Gasteiger partial charge in [-0.2, -0.15) is 0 Å². The molecule has 0 aliphatic rings. The molecule has 1 N–H and O–H groups in total. The van der Waals surface area contributed by atoms with Crippen molar-refractivity contribution >= 4 is 0 Å². The van der Waals surface area contributed by atoms with Crippen LogP contribution in [0.4, 0.5) is 0 Å². The predicted octanol–water partition coefficient (Wildman–Crippen LogP) is 3.49. The summed E-state index contributed by atoms with van der Waals surface area (Å²) in [5.41, 5.74) is 0.922. The van der Waals surface area contributed by atoms with E-state index in [2.05, 4.69) is 15.5 Å². The fourth-order valence-corrected chi connectivity index (χ4v) is 2.05. The topological polar surface area (TPSA) is 64.1 Å². The van der Waals surface area contributed by atoms with E-state index in [0.29, 0.717) is 18.3 Å². The number of aryl methyl sites for hydroxylation is 1. The van der Waals surface area contributed by atoms with Crippen molar-refractivity contribution in [3.05, 3.63) is 59.9 Å². The second kappa shape index (κ2) is 5.93. The lowest BCUT2D eigenvalue weighted by Gasteiger charge is -2.08. The summed E-state index contributed by atoms with van der Waals surface area (Å²) in [6, 6.07) is 13.7. The molecule has 3 aromatic rings. The molecule has 21 heavy (non-hydrogen) atoms. The summed E-state index contributed by atoms with van der Waals surface area (Å²) in [5, 5.41) is 11.4. The molecule has 0 aliphatic heterocycles. The molecule has 0 spiro atoms. The van der Waals surface area contributed by atoms with Gasteiger partial charge in [-0.1, -0.05) is 18.2 Å². The molecule has 1 atom stereocenters. The Balaban J connectivity index is 1.63. The van der Waals surface area contributed by atoms with E-state index >= 15 is 0 Å². The molecule has 0 radical (unpaired) electrons. The molecule has 108 valence electrons. The molecule has 2 heterocycles. The molecule has 0 amide bonds. The quantitative estimate of drug-likeness (QED) is 0.776. The van der Waals surface area contributed by atoms with Crippen LogP contribution in [0.3, 0.4) is 0 Å². The van der Waals surface area contributed by atoms with Crippen molar-refractivity contribution in [1.29, 1.82) is 0 Å². The Morgan fingerprint density at radius 3 is 2.57 bits per heavy atom. The van der Waals surface area contributed by atoms with Gasteiger partial charge in [0.1, 0.15) is 11.5 Å². The number of hydrogen-bond donors (Lipinski definition) is 1. The van der Waals surface area contributed by atoms with Gasteiger partial charge in [0, 0.05) is 5.56 Å². The van der Waals surface area contributed by atoms with Crippen molar-refractivity contribution in [3.8, 4) is 11.5 Å². The monoisotopic (exact) mass is 283 g/mol. The second-order valence-corrected chi connectivity index (χ2v) is 4.92. The van der Waals surface area contributed by atoms with Crippen LogP contribution in [0.25, 0.3) is 11.5 Å². The molecule has 3 rings (SSSR count). The minimum atomic E-state index is 0.0887. The maximum atomic E-state index is 5.65. The highest BCUT2D eigenvalue weighted by atomic mass is 16.4. The van der Waals surface area contributed by atoms with E-state index in [1.807, 2.05) is 56.3 Å². The van der Waals surface area contributed by atoms with Crippen molar-refractivity contribution in [2.24, 2.45) is 0 Å². The third-order valence-electron chi connectivity index (χ3n) is 3.23. The van der Waals surface area contributed by atoms with E-state index < -0.39 is 0 Å². The molecule has 5 nitrogen and oxygen atoms in total. The van der Waals surface area contributed by atoms with E-state index in [4.69, 9.17) is 8.83 Å². The molecule has 1 unspecified atom stereocenters. The Labute approximate surface area is 123 Å². The van der Waals surface area contributed by atoms with E-state index in [0.717, 1.165) is 17.1 Å². The zero-order valence-electron chi connectivity index (χ0n) is 12.0. The molecular formula is C16H17N3O2. The number of benzene rings is 1. The SMILES string of the molecule is Cc1ccc(C(C)NCc2nnc(-c3ccccc3)o2)o1. The molecule has 5 heteroatoms.